The van der Waals surface area contributed by atoms with E-state index < -0.39 is 11.7 Å². The van der Waals surface area contributed by atoms with Gasteiger partial charge < -0.3 is 15.3 Å². The third-order valence-corrected chi connectivity index (χ3v) is 4.55. The van der Waals surface area contributed by atoms with Crippen LogP contribution in [0.25, 0.3) is 5.57 Å². The van der Waals surface area contributed by atoms with Crippen molar-refractivity contribution in [2.45, 2.75) is 64.6 Å². The summed E-state index contributed by atoms with van der Waals surface area (Å²) in [6, 6.07) is 6.94. The fraction of sp³-hybridized carbons (Fsp3) is 0.500. The van der Waals surface area contributed by atoms with E-state index in [-0.39, 0.29) is 5.75 Å². The molecule has 3 nitrogen and oxygen atoms in total. The normalized spacial score (nSPS) is 21.0. The zero-order chi connectivity index (χ0) is 17.0. The fourth-order valence-corrected chi connectivity index (χ4v) is 3.34. The molecule has 0 radical (unpaired) electrons. The lowest BCUT2D eigenvalue weighted by molar-refractivity contribution is 0.0812. The molecule has 1 aromatic rings. The van der Waals surface area contributed by atoms with Crippen molar-refractivity contribution in [2.75, 3.05) is 0 Å². The summed E-state index contributed by atoms with van der Waals surface area (Å²) in [6.45, 7) is 5.94. The summed E-state index contributed by atoms with van der Waals surface area (Å²) < 4.78 is 0. The lowest BCUT2D eigenvalue weighted by atomic mass is 9.76. The van der Waals surface area contributed by atoms with E-state index >= 15 is 0 Å². The molecule has 0 aliphatic heterocycles. The van der Waals surface area contributed by atoms with Gasteiger partial charge in [0, 0.05) is 0 Å². The number of hydrogen-bond donors (Lipinski definition) is 3. The Morgan fingerprint density at radius 2 is 2.09 bits per heavy atom. The van der Waals surface area contributed by atoms with E-state index in [1.165, 1.54) is 5.57 Å². The Bertz CT molecular complexity index is 607. The summed E-state index contributed by atoms with van der Waals surface area (Å²) in [5, 5.41) is 31.3. The van der Waals surface area contributed by atoms with Gasteiger partial charge in [-0.05, 0) is 81.7 Å². The third-order valence-electron chi connectivity index (χ3n) is 4.55. The molecule has 0 amide bonds. The highest BCUT2D eigenvalue weighted by Gasteiger charge is 2.33. The topological polar surface area (TPSA) is 60.7 Å². The number of phenols is 1. The van der Waals surface area contributed by atoms with Crippen LogP contribution >= 0.6 is 0 Å². The number of rotatable bonds is 5. The highest BCUT2D eigenvalue weighted by Crippen LogP contribution is 2.40. The summed E-state index contributed by atoms with van der Waals surface area (Å²) in [5.74, 6) is 0.177. The first-order valence-corrected chi connectivity index (χ1v) is 8.38. The maximum absolute atomic E-state index is 11.0. The third kappa shape index (κ3) is 4.46. The van der Waals surface area contributed by atoms with E-state index in [4.69, 9.17) is 0 Å². The standard InChI is InChI=1S/C20H28O3/c1-14(2)7-6-12-20(3,23)17-10-5-11-18(22)19(17)15-8-4-9-16(21)13-15/h4,7-9,13,18,21-23H,5-6,10-12H2,1-3H3. The first-order valence-electron chi connectivity index (χ1n) is 8.38. The summed E-state index contributed by atoms with van der Waals surface area (Å²) >= 11 is 0. The van der Waals surface area contributed by atoms with Gasteiger partial charge in [0.25, 0.3) is 0 Å². The number of aliphatic hydroxyl groups is 2. The monoisotopic (exact) mass is 316 g/mol. The molecule has 0 saturated heterocycles. The van der Waals surface area contributed by atoms with Gasteiger partial charge in [0.2, 0.25) is 0 Å². The fourth-order valence-electron chi connectivity index (χ4n) is 3.34. The second kappa shape index (κ2) is 7.33. The summed E-state index contributed by atoms with van der Waals surface area (Å²) in [7, 11) is 0. The zero-order valence-corrected chi connectivity index (χ0v) is 14.3. The molecule has 0 heterocycles. The van der Waals surface area contributed by atoms with Gasteiger partial charge in [-0.15, -0.1) is 0 Å². The van der Waals surface area contributed by atoms with Crippen molar-refractivity contribution in [3.05, 3.63) is 47.1 Å². The largest absolute Gasteiger partial charge is 0.508 e. The Hall–Kier alpha value is -1.58. The van der Waals surface area contributed by atoms with Crippen molar-refractivity contribution in [3.8, 4) is 5.75 Å². The van der Waals surface area contributed by atoms with Gasteiger partial charge in [0.15, 0.2) is 0 Å². The first kappa shape index (κ1) is 17.8. The second-order valence-corrected chi connectivity index (χ2v) is 6.94. The first-order chi connectivity index (χ1) is 10.8. The Kier molecular flexibility index (Phi) is 5.66. The molecule has 0 spiro atoms. The predicted octanol–water partition coefficient (Wildman–Crippen LogP) is 4.19. The maximum Gasteiger partial charge on any atom is 0.116 e. The molecular weight excluding hydrogens is 288 g/mol. The van der Waals surface area contributed by atoms with Crippen LogP contribution in [0.15, 0.2) is 41.5 Å². The van der Waals surface area contributed by atoms with Crippen LogP contribution in [0, 0.1) is 0 Å². The van der Waals surface area contributed by atoms with Crippen LogP contribution in [0.2, 0.25) is 0 Å². The van der Waals surface area contributed by atoms with Crippen molar-refractivity contribution in [3.63, 3.8) is 0 Å². The lowest BCUT2D eigenvalue weighted by Gasteiger charge is -2.34. The van der Waals surface area contributed by atoms with Crippen molar-refractivity contribution in [1.82, 2.24) is 0 Å². The highest BCUT2D eigenvalue weighted by atomic mass is 16.3. The minimum atomic E-state index is -0.950. The molecule has 0 aromatic heterocycles. The summed E-state index contributed by atoms with van der Waals surface area (Å²) in [4.78, 5) is 0. The molecule has 2 rings (SSSR count). The van der Waals surface area contributed by atoms with Crippen LogP contribution in [-0.4, -0.2) is 27.0 Å². The number of allylic oxidation sites excluding steroid dienone is 2. The van der Waals surface area contributed by atoms with E-state index in [2.05, 4.69) is 19.9 Å². The lowest BCUT2D eigenvalue weighted by Crippen LogP contribution is -2.32. The Balaban J connectivity index is 2.40. The highest BCUT2D eigenvalue weighted by molar-refractivity contribution is 5.74. The Morgan fingerprint density at radius 3 is 2.74 bits per heavy atom. The average molecular weight is 316 g/mol. The quantitative estimate of drug-likeness (QED) is 0.714. The smallest absolute Gasteiger partial charge is 0.116 e. The van der Waals surface area contributed by atoms with Crippen LogP contribution in [0.5, 0.6) is 5.75 Å². The zero-order valence-electron chi connectivity index (χ0n) is 14.3. The van der Waals surface area contributed by atoms with Crippen LogP contribution in [0.1, 0.15) is 58.4 Å². The molecular formula is C20H28O3. The van der Waals surface area contributed by atoms with Gasteiger partial charge >= 0.3 is 0 Å². The summed E-state index contributed by atoms with van der Waals surface area (Å²) in [6.07, 6.45) is 5.32. The van der Waals surface area contributed by atoms with E-state index in [0.717, 1.165) is 36.0 Å². The van der Waals surface area contributed by atoms with Crippen LogP contribution in [-0.2, 0) is 0 Å². The number of aliphatic hydroxyl groups excluding tert-OH is 1. The molecule has 23 heavy (non-hydrogen) atoms. The summed E-state index contributed by atoms with van der Waals surface area (Å²) in [5.41, 5.74) is 2.79. The average Bonchev–Trinajstić information content (AvgIpc) is 2.46. The van der Waals surface area contributed by atoms with Gasteiger partial charge in [-0.1, -0.05) is 23.8 Å². The van der Waals surface area contributed by atoms with Gasteiger partial charge in [-0.2, -0.15) is 0 Å². The van der Waals surface area contributed by atoms with E-state index in [9.17, 15) is 15.3 Å². The van der Waals surface area contributed by atoms with Crippen molar-refractivity contribution in [2.24, 2.45) is 0 Å². The number of benzene rings is 1. The van der Waals surface area contributed by atoms with Gasteiger partial charge in [0.05, 0.1) is 11.7 Å². The number of aromatic hydroxyl groups is 1. The molecule has 3 N–H and O–H groups in total. The Morgan fingerprint density at radius 1 is 1.35 bits per heavy atom. The molecule has 0 saturated carbocycles. The van der Waals surface area contributed by atoms with Crippen molar-refractivity contribution >= 4 is 5.57 Å². The molecule has 126 valence electrons. The molecule has 1 aromatic carbocycles. The maximum atomic E-state index is 11.0. The molecule has 1 aliphatic rings. The molecule has 2 atom stereocenters. The minimum Gasteiger partial charge on any atom is -0.508 e. The SMILES string of the molecule is CC(C)=CCCC(C)(O)C1=C(c2cccc(O)c2)C(O)CCC1. The van der Waals surface area contributed by atoms with Gasteiger partial charge in [0.1, 0.15) is 5.75 Å². The molecule has 3 heteroatoms. The minimum absolute atomic E-state index is 0.177. The van der Waals surface area contributed by atoms with Gasteiger partial charge in [-0.3, -0.25) is 0 Å². The van der Waals surface area contributed by atoms with Crippen LogP contribution < -0.4 is 0 Å². The molecule has 2 unspecified atom stereocenters. The van der Waals surface area contributed by atoms with Crippen molar-refractivity contribution in [1.29, 1.82) is 0 Å². The van der Waals surface area contributed by atoms with E-state index in [1.54, 1.807) is 18.2 Å². The van der Waals surface area contributed by atoms with Crippen LogP contribution in [0.4, 0.5) is 0 Å². The molecule has 0 fully saturated rings. The van der Waals surface area contributed by atoms with Crippen molar-refractivity contribution < 1.29 is 15.3 Å². The number of phenolic OH excluding ortho intramolecular Hbond substituents is 1. The van der Waals surface area contributed by atoms with E-state index in [0.29, 0.717) is 12.8 Å². The molecule has 1 aliphatic carbocycles. The molecule has 0 bridgehead atoms. The van der Waals surface area contributed by atoms with Gasteiger partial charge in [-0.25, -0.2) is 0 Å². The van der Waals surface area contributed by atoms with Crippen LogP contribution in [0.3, 0.4) is 0 Å². The Labute approximate surface area is 139 Å². The van der Waals surface area contributed by atoms with E-state index in [1.807, 2.05) is 13.0 Å². The predicted molar refractivity (Wildman–Crippen MR) is 94.2 cm³/mol. The number of hydrogen-bond acceptors (Lipinski definition) is 3. The second-order valence-electron chi connectivity index (χ2n) is 6.94.